The summed E-state index contributed by atoms with van der Waals surface area (Å²) in [4.78, 5) is 24.4. The first-order chi connectivity index (χ1) is 10.5. The predicted molar refractivity (Wildman–Crippen MR) is 79.4 cm³/mol. The van der Waals surface area contributed by atoms with Gasteiger partial charge in [-0.15, -0.1) is 0 Å². The molecule has 2 N–H and O–H groups in total. The van der Waals surface area contributed by atoms with E-state index < -0.39 is 23.5 Å². The standard InChI is InChI=1S/C16H19FN2O3/c1-2-22-16(21)13(9-19-12-7-8-12)15(20)14(18)10-3-5-11(17)6-4-10/h3-6,12-13,18-19H,2,7-9H2,1H3. The van der Waals surface area contributed by atoms with Crippen LogP contribution in [0.25, 0.3) is 0 Å². The van der Waals surface area contributed by atoms with Crippen molar-refractivity contribution < 1.29 is 18.7 Å². The maximum absolute atomic E-state index is 12.9. The second-order valence-corrected chi connectivity index (χ2v) is 5.23. The van der Waals surface area contributed by atoms with Gasteiger partial charge < -0.3 is 10.1 Å². The number of Topliss-reactive ketones (excluding diaryl/α,β-unsaturated/α-hetero) is 1. The summed E-state index contributed by atoms with van der Waals surface area (Å²) in [6.07, 6.45) is 2.05. The fourth-order valence-electron chi connectivity index (χ4n) is 2.03. The van der Waals surface area contributed by atoms with E-state index in [1.165, 1.54) is 24.3 Å². The largest absolute Gasteiger partial charge is 0.465 e. The first-order valence-corrected chi connectivity index (χ1v) is 7.31. The van der Waals surface area contributed by atoms with E-state index in [0.717, 1.165) is 12.8 Å². The Morgan fingerprint density at radius 3 is 2.55 bits per heavy atom. The highest BCUT2D eigenvalue weighted by Crippen LogP contribution is 2.19. The molecule has 0 radical (unpaired) electrons. The molecule has 1 unspecified atom stereocenters. The van der Waals surface area contributed by atoms with Gasteiger partial charge in [0.25, 0.3) is 0 Å². The second-order valence-electron chi connectivity index (χ2n) is 5.23. The maximum atomic E-state index is 12.9. The number of ketones is 1. The van der Waals surface area contributed by atoms with Crippen LogP contribution in [0.2, 0.25) is 0 Å². The van der Waals surface area contributed by atoms with Crippen molar-refractivity contribution in [3.05, 3.63) is 35.6 Å². The quantitative estimate of drug-likeness (QED) is 0.435. The number of carbonyl (C=O) groups excluding carboxylic acids is 2. The van der Waals surface area contributed by atoms with Crippen LogP contribution in [-0.4, -0.2) is 36.7 Å². The summed E-state index contributed by atoms with van der Waals surface area (Å²) >= 11 is 0. The first-order valence-electron chi connectivity index (χ1n) is 7.31. The Hall–Kier alpha value is -2.08. The fraction of sp³-hybridized carbons (Fsp3) is 0.438. The zero-order valence-corrected chi connectivity index (χ0v) is 12.4. The molecule has 1 aromatic rings. The third-order valence-electron chi connectivity index (χ3n) is 3.45. The number of hydrogen-bond acceptors (Lipinski definition) is 5. The second kappa shape index (κ2) is 7.26. The highest BCUT2D eigenvalue weighted by molar-refractivity contribution is 6.47. The summed E-state index contributed by atoms with van der Waals surface area (Å²) in [6.45, 7) is 2.00. The Balaban J connectivity index is 2.09. The van der Waals surface area contributed by atoms with E-state index >= 15 is 0 Å². The molecule has 1 aliphatic carbocycles. The third-order valence-corrected chi connectivity index (χ3v) is 3.45. The number of halogens is 1. The lowest BCUT2D eigenvalue weighted by Gasteiger charge is -2.15. The van der Waals surface area contributed by atoms with Gasteiger partial charge >= 0.3 is 5.97 Å². The van der Waals surface area contributed by atoms with E-state index in [1.54, 1.807) is 6.92 Å². The van der Waals surface area contributed by atoms with Gasteiger partial charge in [-0.1, -0.05) is 0 Å². The molecule has 0 saturated heterocycles. The van der Waals surface area contributed by atoms with E-state index in [0.29, 0.717) is 6.04 Å². The first kappa shape index (κ1) is 16.3. The smallest absolute Gasteiger partial charge is 0.318 e. The van der Waals surface area contributed by atoms with E-state index in [1.807, 2.05) is 0 Å². The number of hydrogen-bond donors (Lipinski definition) is 2. The monoisotopic (exact) mass is 306 g/mol. The topological polar surface area (TPSA) is 79.2 Å². The summed E-state index contributed by atoms with van der Waals surface area (Å²) in [6, 6.07) is 5.40. The minimum atomic E-state index is -1.04. The lowest BCUT2D eigenvalue weighted by molar-refractivity contribution is -0.150. The molecular formula is C16H19FN2O3. The molecule has 118 valence electrons. The number of ether oxygens (including phenoxy) is 1. The molecular weight excluding hydrogens is 287 g/mol. The number of rotatable bonds is 8. The van der Waals surface area contributed by atoms with E-state index in [4.69, 9.17) is 10.1 Å². The van der Waals surface area contributed by atoms with Crippen LogP contribution in [0, 0.1) is 17.1 Å². The van der Waals surface area contributed by atoms with Crippen LogP contribution in [0.1, 0.15) is 25.3 Å². The number of esters is 1. The predicted octanol–water partition coefficient (Wildman–Crippen LogP) is 1.69. The average molecular weight is 306 g/mol. The van der Waals surface area contributed by atoms with Crippen molar-refractivity contribution in [2.75, 3.05) is 13.2 Å². The van der Waals surface area contributed by atoms with Crippen molar-refractivity contribution in [1.82, 2.24) is 5.32 Å². The summed E-state index contributed by atoms with van der Waals surface area (Å²) in [7, 11) is 0. The normalized spacial score (nSPS) is 15.2. The van der Waals surface area contributed by atoms with Gasteiger partial charge in [0.15, 0.2) is 5.78 Å². The fourth-order valence-corrected chi connectivity index (χ4v) is 2.03. The Kier molecular flexibility index (Phi) is 5.38. The molecule has 0 amide bonds. The summed E-state index contributed by atoms with van der Waals surface area (Å²) in [5.41, 5.74) is -0.0252. The summed E-state index contributed by atoms with van der Waals surface area (Å²) in [5, 5.41) is 11.1. The third kappa shape index (κ3) is 4.21. The number of benzene rings is 1. The van der Waals surface area contributed by atoms with Crippen molar-refractivity contribution >= 4 is 17.5 Å². The van der Waals surface area contributed by atoms with Crippen LogP contribution in [0.5, 0.6) is 0 Å². The lowest BCUT2D eigenvalue weighted by atomic mass is 9.95. The molecule has 1 fully saturated rings. The van der Waals surface area contributed by atoms with Crippen molar-refractivity contribution in [1.29, 1.82) is 5.41 Å². The van der Waals surface area contributed by atoms with Gasteiger partial charge in [0.1, 0.15) is 17.4 Å². The van der Waals surface area contributed by atoms with Crippen molar-refractivity contribution in [3.63, 3.8) is 0 Å². The Morgan fingerprint density at radius 2 is 2.00 bits per heavy atom. The summed E-state index contributed by atoms with van der Waals surface area (Å²) in [5.74, 6) is -2.73. The molecule has 1 saturated carbocycles. The zero-order valence-electron chi connectivity index (χ0n) is 12.4. The molecule has 22 heavy (non-hydrogen) atoms. The molecule has 1 aliphatic rings. The Morgan fingerprint density at radius 1 is 1.36 bits per heavy atom. The van der Waals surface area contributed by atoms with Crippen LogP contribution >= 0.6 is 0 Å². The molecule has 0 aliphatic heterocycles. The van der Waals surface area contributed by atoms with Crippen molar-refractivity contribution in [3.8, 4) is 0 Å². The van der Waals surface area contributed by atoms with Gasteiger partial charge in [-0.25, -0.2) is 4.39 Å². The van der Waals surface area contributed by atoms with Crippen LogP contribution < -0.4 is 5.32 Å². The molecule has 1 aromatic carbocycles. The van der Waals surface area contributed by atoms with Crippen LogP contribution in [0.4, 0.5) is 4.39 Å². The lowest BCUT2D eigenvalue weighted by Crippen LogP contribution is -2.39. The van der Waals surface area contributed by atoms with Gasteiger partial charge in [0.2, 0.25) is 0 Å². The molecule has 0 heterocycles. The van der Waals surface area contributed by atoms with Gasteiger partial charge in [0, 0.05) is 18.2 Å². The van der Waals surface area contributed by atoms with Gasteiger partial charge in [-0.3, -0.25) is 15.0 Å². The highest BCUT2D eigenvalue weighted by atomic mass is 19.1. The van der Waals surface area contributed by atoms with Gasteiger partial charge in [-0.2, -0.15) is 0 Å². The molecule has 1 atom stereocenters. The number of nitrogens with one attached hydrogen (secondary N) is 2. The molecule has 2 rings (SSSR count). The Labute approximate surface area is 128 Å². The minimum Gasteiger partial charge on any atom is -0.465 e. The molecule has 6 heteroatoms. The average Bonchev–Trinajstić information content (AvgIpc) is 3.32. The van der Waals surface area contributed by atoms with Crippen LogP contribution in [0.15, 0.2) is 24.3 Å². The van der Waals surface area contributed by atoms with E-state index in [-0.39, 0.29) is 24.4 Å². The Bertz CT molecular complexity index is 567. The summed E-state index contributed by atoms with van der Waals surface area (Å²) < 4.78 is 17.8. The van der Waals surface area contributed by atoms with Crippen LogP contribution in [-0.2, 0) is 14.3 Å². The highest BCUT2D eigenvalue weighted by Gasteiger charge is 2.33. The van der Waals surface area contributed by atoms with Crippen LogP contribution in [0.3, 0.4) is 0 Å². The molecule has 0 bridgehead atoms. The van der Waals surface area contributed by atoms with Gasteiger partial charge in [-0.05, 0) is 44.0 Å². The van der Waals surface area contributed by atoms with E-state index in [2.05, 4.69) is 5.32 Å². The number of carbonyl (C=O) groups is 2. The molecule has 0 aromatic heterocycles. The molecule has 5 nitrogen and oxygen atoms in total. The van der Waals surface area contributed by atoms with E-state index in [9.17, 15) is 14.0 Å². The molecule has 0 spiro atoms. The van der Waals surface area contributed by atoms with Crippen molar-refractivity contribution in [2.45, 2.75) is 25.8 Å². The maximum Gasteiger partial charge on any atom is 0.318 e. The SMILES string of the molecule is CCOC(=O)C(CNC1CC1)C(=O)C(=N)c1ccc(F)cc1. The minimum absolute atomic E-state index is 0.159. The zero-order chi connectivity index (χ0) is 16.1. The van der Waals surface area contributed by atoms with Crippen molar-refractivity contribution in [2.24, 2.45) is 5.92 Å². The van der Waals surface area contributed by atoms with Gasteiger partial charge in [0.05, 0.1) is 6.61 Å².